The number of aromatic nitrogens is 5. The van der Waals surface area contributed by atoms with E-state index in [4.69, 9.17) is 4.74 Å². The van der Waals surface area contributed by atoms with Gasteiger partial charge in [-0.3, -0.25) is 14.2 Å². The summed E-state index contributed by atoms with van der Waals surface area (Å²) in [4.78, 5) is 29.5. The Balaban J connectivity index is 1.64. The molecule has 0 bridgehead atoms. The molecule has 156 valence electrons. The van der Waals surface area contributed by atoms with Gasteiger partial charge in [0.2, 0.25) is 11.3 Å². The van der Waals surface area contributed by atoms with Crippen LogP contribution in [0.3, 0.4) is 0 Å². The van der Waals surface area contributed by atoms with Gasteiger partial charge < -0.3 is 15.2 Å². The highest BCUT2D eigenvalue weighted by Gasteiger charge is 2.34. The molecule has 1 aromatic carbocycles. The highest BCUT2D eigenvalue weighted by Crippen LogP contribution is 2.27. The topological polar surface area (TPSA) is 123 Å². The molecular weight excluding hydrogens is 415 g/mol. The van der Waals surface area contributed by atoms with Gasteiger partial charge in [-0.05, 0) is 19.9 Å². The molecule has 3 heterocycles. The minimum absolute atomic E-state index is 0.0155. The van der Waals surface area contributed by atoms with Crippen molar-refractivity contribution < 1.29 is 23.7 Å². The van der Waals surface area contributed by atoms with Crippen LogP contribution in [0.25, 0.3) is 5.69 Å². The van der Waals surface area contributed by atoms with E-state index < -0.39 is 34.3 Å². The molecule has 0 saturated heterocycles. The van der Waals surface area contributed by atoms with Crippen LogP contribution in [0.5, 0.6) is 5.75 Å². The Kier molecular flexibility index (Phi) is 5.03. The Bertz CT molecular complexity index is 1180. The van der Waals surface area contributed by atoms with Crippen LogP contribution in [0.15, 0.2) is 28.5 Å². The van der Waals surface area contributed by atoms with E-state index in [1.165, 1.54) is 27.4 Å². The molecular formula is C18H18FN6O4S+. The van der Waals surface area contributed by atoms with Crippen molar-refractivity contribution in [3.8, 4) is 11.4 Å². The Hall–Kier alpha value is -3.25. The van der Waals surface area contributed by atoms with Gasteiger partial charge in [0.25, 0.3) is 11.5 Å². The maximum atomic E-state index is 13.7. The molecule has 4 rings (SSSR count). The van der Waals surface area contributed by atoms with Gasteiger partial charge >= 0.3 is 0 Å². The summed E-state index contributed by atoms with van der Waals surface area (Å²) in [5.41, 5.74) is 0.560. The van der Waals surface area contributed by atoms with Gasteiger partial charge in [0, 0.05) is 18.2 Å². The number of hydrogen-bond donors (Lipinski definition) is 2. The monoisotopic (exact) mass is 433 g/mol. The molecule has 2 aromatic heterocycles. The molecule has 1 aliphatic heterocycles. The smallest absolute Gasteiger partial charge is 0.296 e. The van der Waals surface area contributed by atoms with Gasteiger partial charge in [0.05, 0.1) is 13.2 Å². The number of amides is 1. The SMILES string of the molecule is CC1(C)OCCn2c1nc(C(=O)NCc1ccc(F)cc1-[n+]1csnn1)c(O)c2=O. The second kappa shape index (κ2) is 7.54. The number of fused-ring (bicyclic) bond motifs is 1. The van der Waals surface area contributed by atoms with E-state index in [-0.39, 0.29) is 18.9 Å². The van der Waals surface area contributed by atoms with Crippen molar-refractivity contribution in [2.75, 3.05) is 6.61 Å². The van der Waals surface area contributed by atoms with E-state index in [1.807, 2.05) is 0 Å². The lowest BCUT2D eigenvalue weighted by Crippen LogP contribution is -2.42. The predicted molar refractivity (Wildman–Crippen MR) is 102 cm³/mol. The fraction of sp³-hybridized carbons (Fsp3) is 0.333. The summed E-state index contributed by atoms with van der Waals surface area (Å²) in [6, 6.07) is 4.03. The number of benzene rings is 1. The van der Waals surface area contributed by atoms with Gasteiger partial charge in [0.1, 0.15) is 21.7 Å². The Morgan fingerprint density at radius 3 is 3.00 bits per heavy atom. The number of carbonyl (C=O) groups excluding carboxylic acids is 1. The van der Waals surface area contributed by atoms with Crippen LogP contribution < -0.4 is 15.6 Å². The third kappa shape index (κ3) is 3.55. The molecule has 30 heavy (non-hydrogen) atoms. The molecule has 0 unspecified atom stereocenters. The molecule has 10 nitrogen and oxygen atoms in total. The number of aromatic hydroxyl groups is 1. The number of hydrogen-bond acceptors (Lipinski definition) is 8. The van der Waals surface area contributed by atoms with Crippen LogP contribution in [0.2, 0.25) is 0 Å². The van der Waals surface area contributed by atoms with E-state index in [2.05, 4.69) is 20.0 Å². The number of nitrogens with one attached hydrogen (secondary N) is 1. The third-order valence-electron chi connectivity index (χ3n) is 4.74. The normalized spacial score (nSPS) is 14.9. The molecule has 0 spiro atoms. The van der Waals surface area contributed by atoms with Crippen molar-refractivity contribution in [3.63, 3.8) is 0 Å². The summed E-state index contributed by atoms with van der Waals surface area (Å²) in [5, 5.41) is 16.7. The van der Waals surface area contributed by atoms with Crippen molar-refractivity contribution in [1.29, 1.82) is 0 Å². The average Bonchev–Trinajstić information content (AvgIpc) is 3.24. The van der Waals surface area contributed by atoms with E-state index in [0.717, 1.165) is 11.5 Å². The lowest BCUT2D eigenvalue weighted by atomic mass is 10.1. The molecule has 0 saturated carbocycles. The van der Waals surface area contributed by atoms with E-state index >= 15 is 0 Å². The van der Waals surface area contributed by atoms with E-state index in [1.54, 1.807) is 19.4 Å². The highest BCUT2D eigenvalue weighted by molar-refractivity contribution is 7.02. The standard InChI is InChI=1S/C18H17FN6O4S/c1-18(2)17-21-13(14(26)16(28)24(17)5-6-29-18)15(27)20-8-10-3-4-11(19)7-12(10)25-9-30-23-22-25/h3-4,7,9H,5-6,8H2,1-2H3,(H-,20,26,27)/p+1. The molecule has 0 radical (unpaired) electrons. The molecule has 2 N–H and O–H groups in total. The highest BCUT2D eigenvalue weighted by atomic mass is 32.1. The molecule has 12 heteroatoms. The third-order valence-corrected chi connectivity index (χ3v) is 5.20. The van der Waals surface area contributed by atoms with E-state index in [0.29, 0.717) is 17.9 Å². The first-order valence-electron chi connectivity index (χ1n) is 9.02. The van der Waals surface area contributed by atoms with Crippen molar-refractivity contribution in [2.45, 2.75) is 32.5 Å². The lowest BCUT2D eigenvalue weighted by Gasteiger charge is -2.32. The zero-order chi connectivity index (χ0) is 21.5. The second-order valence-corrected chi connectivity index (χ2v) is 7.72. The van der Waals surface area contributed by atoms with Crippen molar-refractivity contribution in [2.24, 2.45) is 0 Å². The van der Waals surface area contributed by atoms with E-state index in [9.17, 15) is 19.1 Å². The van der Waals surface area contributed by atoms with Crippen LogP contribution in [-0.2, 0) is 23.4 Å². The first-order valence-corrected chi connectivity index (χ1v) is 9.86. The van der Waals surface area contributed by atoms with Crippen LogP contribution in [0.1, 0.15) is 35.7 Å². The average molecular weight is 433 g/mol. The summed E-state index contributed by atoms with van der Waals surface area (Å²) in [5.74, 6) is -1.68. The Morgan fingerprint density at radius 2 is 2.27 bits per heavy atom. The van der Waals surface area contributed by atoms with Gasteiger partial charge in [-0.15, -0.1) is 0 Å². The first-order chi connectivity index (χ1) is 14.3. The largest absolute Gasteiger partial charge is 0.501 e. The Labute approximate surface area is 173 Å². The van der Waals surface area contributed by atoms with Crippen LogP contribution in [0, 0.1) is 5.82 Å². The molecule has 1 aliphatic rings. The van der Waals surface area contributed by atoms with Crippen LogP contribution in [0.4, 0.5) is 4.39 Å². The number of ether oxygens (including phenoxy) is 1. The molecule has 0 fully saturated rings. The quantitative estimate of drug-likeness (QED) is 0.572. The fourth-order valence-corrected chi connectivity index (χ4v) is 3.65. The molecule has 0 aliphatic carbocycles. The zero-order valence-corrected chi connectivity index (χ0v) is 16.9. The summed E-state index contributed by atoms with van der Waals surface area (Å²) >= 11 is 1.09. The molecule has 0 atom stereocenters. The first kappa shape index (κ1) is 20.0. The zero-order valence-electron chi connectivity index (χ0n) is 16.1. The van der Waals surface area contributed by atoms with Gasteiger partial charge in [0.15, 0.2) is 28.1 Å². The van der Waals surface area contributed by atoms with Crippen LogP contribution in [-0.4, -0.2) is 36.9 Å². The molecule has 1 amide bonds. The lowest BCUT2D eigenvalue weighted by molar-refractivity contribution is -0.659. The maximum Gasteiger partial charge on any atom is 0.296 e. The summed E-state index contributed by atoms with van der Waals surface area (Å²) in [6.45, 7) is 3.97. The Morgan fingerprint density at radius 1 is 1.47 bits per heavy atom. The van der Waals surface area contributed by atoms with Gasteiger partial charge in [-0.25, -0.2) is 9.37 Å². The number of halogens is 1. The minimum atomic E-state index is -0.890. The van der Waals surface area contributed by atoms with Crippen LogP contribution >= 0.6 is 11.5 Å². The maximum absolute atomic E-state index is 13.7. The minimum Gasteiger partial charge on any atom is -0.501 e. The number of rotatable bonds is 4. The second-order valence-electron chi connectivity index (χ2n) is 7.13. The van der Waals surface area contributed by atoms with Gasteiger partial charge in [-0.1, -0.05) is 10.7 Å². The van der Waals surface area contributed by atoms with Crippen molar-refractivity contribution in [1.82, 2.24) is 24.6 Å². The number of carbonyl (C=O) groups is 1. The molecule has 3 aromatic rings. The summed E-state index contributed by atoms with van der Waals surface area (Å²) < 4.78 is 25.8. The van der Waals surface area contributed by atoms with Gasteiger partial charge in [-0.2, -0.15) is 0 Å². The predicted octanol–water partition coefficient (Wildman–Crippen LogP) is 0.411. The summed E-state index contributed by atoms with van der Waals surface area (Å²) in [7, 11) is 0. The van der Waals surface area contributed by atoms with Crippen molar-refractivity contribution in [3.05, 3.63) is 57.0 Å². The fourth-order valence-electron chi connectivity index (χ4n) is 3.24. The summed E-state index contributed by atoms with van der Waals surface area (Å²) in [6.07, 6.45) is 0. The van der Waals surface area contributed by atoms with Crippen molar-refractivity contribution >= 4 is 17.4 Å². The number of nitrogens with zero attached hydrogens (tertiary/aromatic N) is 5.